The first-order chi connectivity index (χ1) is 12.6. The molecule has 4 nitrogen and oxygen atoms in total. The molecule has 2 aromatic carbocycles. The number of hydrogen-bond donors (Lipinski definition) is 0. The number of para-hydroxylation sites is 1. The first kappa shape index (κ1) is 16.3. The number of nitrogens with zero attached hydrogens (tertiary/aromatic N) is 3. The molecular formula is C21H18FN3O. The van der Waals surface area contributed by atoms with Gasteiger partial charge in [0.15, 0.2) is 5.65 Å². The van der Waals surface area contributed by atoms with Crippen LogP contribution in [0.4, 0.5) is 4.39 Å². The zero-order valence-electron chi connectivity index (χ0n) is 14.6. The summed E-state index contributed by atoms with van der Waals surface area (Å²) in [7, 11) is 0. The van der Waals surface area contributed by atoms with Crippen molar-refractivity contribution in [3.8, 4) is 11.6 Å². The van der Waals surface area contributed by atoms with Gasteiger partial charge in [-0.15, -0.1) is 0 Å². The number of pyridine rings is 1. The quantitative estimate of drug-likeness (QED) is 0.534. The van der Waals surface area contributed by atoms with E-state index in [2.05, 4.69) is 10.1 Å². The highest BCUT2D eigenvalue weighted by atomic mass is 19.1. The summed E-state index contributed by atoms with van der Waals surface area (Å²) in [5.74, 6) is 0.266. The maximum atomic E-state index is 13.0. The summed E-state index contributed by atoms with van der Waals surface area (Å²) in [4.78, 5) is 4.67. The van der Waals surface area contributed by atoms with Gasteiger partial charge in [-0.3, -0.25) is 0 Å². The van der Waals surface area contributed by atoms with Crippen molar-refractivity contribution < 1.29 is 9.13 Å². The van der Waals surface area contributed by atoms with Crippen LogP contribution in [0.3, 0.4) is 0 Å². The van der Waals surface area contributed by atoms with E-state index in [1.165, 1.54) is 12.1 Å². The van der Waals surface area contributed by atoms with Crippen molar-refractivity contribution >= 4 is 11.0 Å². The van der Waals surface area contributed by atoms with E-state index in [1.807, 2.05) is 54.9 Å². The van der Waals surface area contributed by atoms with Crippen molar-refractivity contribution in [2.24, 2.45) is 0 Å². The number of aryl methyl sites for hydroxylation is 2. The van der Waals surface area contributed by atoms with Crippen LogP contribution < -0.4 is 4.74 Å². The summed E-state index contributed by atoms with van der Waals surface area (Å²) in [6.45, 7) is 4.34. The van der Waals surface area contributed by atoms with E-state index in [4.69, 9.17) is 4.74 Å². The Morgan fingerprint density at radius 1 is 1.00 bits per heavy atom. The summed E-state index contributed by atoms with van der Waals surface area (Å²) in [5.41, 5.74) is 4.59. The molecule has 0 N–H and O–H groups in total. The number of rotatable bonds is 4. The predicted molar refractivity (Wildman–Crippen MR) is 99.1 cm³/mol. The zero-order chi connectivity index (χ0) is 18.1. The highest BCUT2D eigenvalue weighted by Gasteiger charge is 2.14. The molecule has 2 heterocycles. The van der Waals surface area contributed by atoms with Crippen LogP contribution in [0.1, 0.15) is 16.8 Å². The highest BCUT2D eigenvalue weighted by molar-refractivity contribution is 5.83. The van der Waals surface area contributed by atoms with Gasteiger partial charge in [-0.25, -0.2) is 9.07 Å². The molecule has 2 aromatic heterocycles. The number of ether oxygens (including phenoxy) is 1. The van der Waals surface area contributed by atoms with E-state index in [0.29, 0.717) is 12.5 Å². The number of hydrogen-bond acceptors (Lipinski definition) is 3. The third-order valence-electron chi connectivity index (χ3n) is 4.29. The maximum absolute atomic E-state index is 13.0. The van der Waals surface area contributed by atoms with Crippen molar-refractivity contribution in [2.75, 3.05) is 0 Å². The van der Waals surface area contributed by atoms with Crippen LogP contribution in [-0.4, -0.2) is 14.8 Å². The largest absolute Gasteiger partial charge is 0.473 e. The SMILES string of the molecule is Cc1cc(OCc2ccc(F)cc2)nc2c1c(C)nn2-c1ccccc1. The molecule has 130 valence electrons. The van der Waals surface area contributed by atoms with E-state index in [9.17, 15) is 4.39 Å². The molecule has 26 heavy (non-hydrogen) atoms. The smallest absolute Gasteiger partial charge is 0.215 e. The normalized spacial score (nSPS) is 11.0. The minimum atomic E-state index is -0.258. The van der Waals surface area contributed by atoms with Gasteiger partial charge in [0.2, 0.25) is 5.88 Å². The third kappa shape index (κ3) is 3.04. The molecule has 0 radical (unpaired) electrons. The summed E-state index contributed by atoms with van der Waals surface area (Å²) < 4.78 is 20.7. The highest BCUT2D eigenvalue weighted by Crippen LogP contribution is 2.27. The first-order valence-electron chi connectivity index (χ1n) is 8.41. The van der Waals surface area contributed by atoms with Crippen LogP contribution in [0.25, 0.3) is 16.7 Å². The molecular weight excluding hydrogens is 329 g/mol. The average Bonchev–Trinajstić information content (AvgIpc) is 2.99. The second kappa shape index (κ2) is 6.59. The molecule has 0 saturated heterocycles. The van der Waals surface area contributed by atoms with E-state index in [1.54, 1.807) is 12.1 Å². The number of aromatic nitrogens is 3. The van der Waals surface area contributed by atoms with Crippen molar-refractivity contribution in [1.82, 2.24) is 14.8 Å². The molecule has 0 aliphatic carbocycles. The van der Waals surface area contributed by atoms with Crippen LogP contribution in [0.5, 0.6) is 5.88 Å². The number of fused-ring (bicyclic) bond motifs is 1. The van der Waals surface area contributed by atoms with Crippen LogP contribution in [0, 0.1) is 19.7 Å². The first-order valence-corrected chi connectivity index (χ1v) is 8.41. The Balaban J connectivity index is 1.71. The van der Waals surface area contributed by atoms with E-state index < -0.39 is 0 Å². The topological polar surface area (TPSA) is 39.9 Å². The fourth-order valence-corrected chi connectivity index (χ4v) is 3.04. The third-order valence-corrected chi connectivity index (χ3v) is 4.29. The van der Waals surface area contributed by atoms with Gasteiger partial charge in [-0.2, -0.15) is 10.1 Å². The predicted octanol–water partition coefficient (Wildman–Crippen LogP) is 4.76. The van der Waals surface area contributed by atoms with Gasteiger partial charge in [0, 0.05) is 11.5 Å². The minimum absolute atomic E-state index is 0.258. The van der Waals surface area contributed by atoms with Crippen molar-refractivity contribution in [3.63, 3.8) is 0 Å². The molecule has 0 spiro atoms. The second-order valence-corrected chi connectivity index (χ2v) is 6.22. The molecule has 4 aromatic rings. The van der Waals surface area contributed by atoms with Crippen LogP contribution >= 0.6 is 0 Å². The van der Waals surface area contributed by atoms with Gasteiger partial charge in [0.05, 0.1) is 11.4 Å². The van der Waals surface area contributed by atoms with Gasteiger partial charge >= 0.3 is 0 Å². The maximum Gasteiger partial charge on any atom is 0.215 e. The standard InChI is InChI=1S/C21H18FN3O/c1-14-12-19(26-13-16-8-10-17(22)11-9-16)23-21-20(14)15(2)24-25(21)18-6-4-3-5-7-18/h3-12H,13H2,1-2H3. The lowest BCUT2D eigenvalue weighted by molar-refractivity contribution is 0.294. The Kier molecular flexibility index (Phi) is 4.13. The van der Waals surface area contributed by atoms with Crippen LogP contribution in [-0.2, 0) is 6.61 Å². The van der Waals surface area contributed by atoms with Crippen molar-refractivity contribution in [2.45, 2.75) is 20.5 Å². The van der Waals surface area contributed by atoms with Crippen LogP contribution in [0.2, 0.25) is 0 Å². The van der Waals surface area contributed by atoms with Gasteiger partial charge < -0.3 is 4.74 Å². The average molecular weight is 347 g/mol. The Morgan fingerprint density at radius 3 is 2.46 bits per heavy atom. The zero-order valence-corrected chi connectivity index (χ0v) is 14.6. The van der Waals surface area contributed by atoms with Gasteiger partial charge in [0.25, 0.3) is 0 Å². The lowest BCUT2D eigenvalue weighted by Gasteiger charge is -2.08. The Bertz CT molecular complexity index is 1060. The fraction of sp³-hybridized carbons (Fsp3) is 0.143. The van der Waals surface area contributed by atoms with Gasteiger partial charge in [0.1, 0.15) is 12.4 Å². The monoisotopic (exact) mass is 347 g/mol. The van der Waals surface area contributed by atoms with E-state index in [-0.39, 0.29) is 5.82 Å². The molecule has 0 saturated carbocycles. The summed E-state index contributed by atoms with van der Waals surface area (Å²) in [5, 5.41) is 5.68. The molecule has 0 unspecified atom stereocenters. The molecule has 0 bridgehead atoms. The van der Waals surface area contributed by atoms with Crippen molar-refractivity contribution in [1.29, 1.82) is 0 Å². The number of halogens is 1. The molecule has 0 aliphatic rings. The number of benzene rings is 2. The molecule has 0 fully saturated rings. The lowest BCUT2D eigenvalue weighted by atomic mass is 10.1. The second-order valence-electron chi connectivity index (χ2n) is 6.22. The van der Waals surface area contributed by atoms with E-state index in [0.717, 1.165) is 33.5 Å². The molecule has 0 aliphatic heterocycles. The summed E-state index contributed by atoms with van der Waals surface area (Å²) in [6, 6.07) is 18.1. The minimum Gasteiger partial charge on any atom is -0.473 e. The van der Waals surface area contributed by atoms with Crippen LogP contribution in [0.15, 0.2) is 60.7 Å². The molecule has 0 atom stereocenters. The fourth-order valence-electron chi connectivity index (χ4n) is 3.04. The van der Waals surface area contributed by atoms with Gasteiger partial charge in [-0.1, -0.05) is 30.3 Å². The molecule has 0 amide bonds. The lowest BCUT2D eigenvalue weighted by Crippen LogP contribution is -2.01. The van der Waals surface area contributed by atoms with Gasteiger partial charge in [-0.05, 0) is 49.2 Å². The Morgan fingerprint density at radius 2 is 1.73 bits per heavy atom. The van der Waals surface area contributed by atoms with E-state index >= 15 is 0 Å². The van der Waals surface area contributed by atoms with Crippen molar-refractivity contribution in [3.05, 3.63) is 83.3 Å². The Labute approximate surface area is 150 Å². The molecule has 4 rings (SSSR count). The summed E-state index contributed by atoms with van der Waals surface area (Å²) in [6.07, 6.45) is 0. The Hall–Kier alpha value is -3.21. The summed E-state index contributed by atoms with van der Waals surface area (Å²) >= 11 is 0. The molecule has 5 heteroatoms.